The highest BCUT2D eigenvalue weighted by Crippen LogP contribution is 2.38. The Bertz CT molecular complexity index is 242. The molecule has 2 fully saturated rings. The van der Waals surface area contributed by atoms with E-state index in [0.717, 1.165) is 19.3 Å². The van der Waals surface area contributed by atoms with Crippen LogP contribution in [0.1, 0.15) is 44.9 Å². The molecule has 0 radical (unpaired) electrons. The molecule has 2 saturated heterocycles. The van der Waals surface area contributed by atoms with Crippen LogP contribution in [0.15, 0.2) is 0 Å². The minimum Gasteiger partial charge on any atom is -0.300 e. The minimum atomic E-state index is -0.286. The molecule has 0 aromatic rings. The number of nitrogens with zero attached hydrogens (tertiary/aromatic N) is 1. The van der Waals surface area contributed by atoms with Gasteiger partial charge < -0.3 is 4.90 Å². The lowest BCUT2D eigenvalue weighted by Gasteiger charge is -2.35. The summed E-state index contributed by atoms with van der Waals surface area (Å²) >= 11 is 0. The quantitative estimate of drug-likeness (QED) is 0.673. The predicted molar refractivity (Wildman–Crippen MR) is 62.1 cm³/mol. The van der Waals surface area contributed by atoms with E-state index in [-0.39, 0.29) is 12.6 Å². The lowest BCUT2D eigenvalue weighted by atomic mass is 9.86. The van der Waals surface area contributed by atoms with Crippen LogP contribution >= 0.6 is 0 Å². The highest BCUT2D eigenvalue weighted by Gasteiger charge is 2.40. The van der Waals surface area contributed by atoms with Gasteiger partial charge >= 0.3 is 0 Å². The third-order valence-corrected chi connectivity index (χ3v) is 4.36. The molecule has 2 atom stereocenters. The zero-order chi connectivity index (χ0) is 11.5. The largest absolute Gasteiger partial charge is 0.300 e. The van der Waals surface area contributed by atoms with E-state index in [0.29, 0.717) is 30.7 Å². The Morgan fingerprint density at radius 3 is 2.44 bits per heavy atom. The molecule has 0 aromatic heterocycles. The Kier molecular flexibility index (Phi) is 3.95. The number of unbranched alkanes of at least 4 members (excludes halogenated alkanes) is 1. The van der Waals surface area contributed by atoms with Crippen LogP contribution in [0.4, 0.5) is 4.39 Å². The monoisotopic (exact) mass is 227 g/mol. The van der Waals surface area contributed by atoms with Crippen molar-refractivity contribution in [1.82, 2.24) is 4.90 Å². The summed E-state index contributed by atoms with van der Waals surface area (Å²) in [5.74, 6) is 0.659. The smallest absolute Gasteiger partial charge is 0.136 e. The molecule has 2 bridgehead atoms. The molecule has 2 aliphatic rings. The second-order valence-corrected chi connectivity index (χ2v) is 5.33. The normalized spacial score (nSPS) is 34.2. The molecular weight excluding hydrogens is 205 g/mol. The molecule has 0 saturated carbocycles. The van der Waals surface area contributed by atoms with Crippen LogP contribution in [0.2, 0.25) is 0 Å². The molecule has 0 spiro atoms. The van der Waals surface area contributed by atoms with E-state index in [9.17, 15) is 9.18 Å². The number of fused-ring (bicyclic) bond motifs is 2. The van der Waals surface area contributed by atoms with E-state index in [1.165, 1.54) is 12.8 Å². The Morgan fingerprint density at radius 1 is 1.25 bits per heavy atom. The molecule has 0 aliphatic carbocycles. The lowest BCUT2D eigenvalue weighted by molar-refractivity contribution is -0.125. The standard InChI is InChI=1S/C13H22FNO/c1-15-11-5-6-12(15)9-10(8-11)13(16)4-2-3-7-14/h10-12H,2-9H2,1H3. The Labute approximate surface area is 97.2 Å². The summed E-state index contributed by atoms with van der Waals surface area (Å²) in [5, 5.41) is 0. The van der Waals surface area contributed by atoms with E-state index in [4.69, 9.17) is 0 Å². The van der Waals surface area contributed by atoms with Crippen molar-refractivity contribution in [2.45, 2.75) is 57.0 Å². The fourth-order valence-electron chi connectivity index (χ4n) is 3.27. The predicted octanol–water partition coefficient (Wildman–Crippen LogP) is 2.57. The summed E-state index contributed by atoms with van der Waals surface area (Å²) in [7, 11) is 2.19. The maximum absolute atomic E-state index is 12.0. The average molecular weight is 227 g/mol. The second kappa shape index (κ2) is 5.26. The van der Waals surface area contributed by atoms with Crippen molar-refractivity contribution in [1.29, 1.82) is 0 Å². The summed E-state index contributed by atoms with van der Waals surface area (Å²) in [6.45, 7) is -0.286. The Morgan fingerprint density at radius 2 is 1.88 bits per heavy atom. The highest BCUT2D eigenvalue weighted by atomic mass is 19.1. The van der Waals surface area contributed by atoms with Crippen molar-refractivity contribution in [2.75, 3.05) is 13.7 Å². The van der Waals surface area contributed by atoms with Gasteiger partial charge in [-0.2, -0.15) is 0 Å². The number of alkyl halides is 1. The molecule has 16 heavy (non-hydrogen) atoms. The van der Waals surface area contributed by atoms with Crippen molar-refractivity contribution in [3.05, 3.63) is 0 Å². The number of carbonyl (C=O) groups excluding carboxylic acids is 1. The number of hydrogen-bond donors (Lipinski definition) is 0. The number of hydrogen-bond acceptors (Lipinski definition) is 2. The topological polar surface area (TPSA) is 20.3 Å². The summed E-state index contributed by atoms with van der Waals surface area (Å²) in [6, 6.07) is 1.27. The van der Waals surface area contributed by atoms with Gasteiger partial charge in [0, 0.05) is 24.4 Å². The fraction of sp³-hybridized carbons (Fsp3) is 0.923. The number of piperidine rings is 1. The second-order valence-electron chi connectivity index (χ2n) is 5.33. The Hall–Kier alpha value is -0.440. The molecule has 0 amide bonds. The van der Waals surface area contributed by atoms with Gasteiger partial charge in [-0.1, -0.05) is 0 Å². The molecule has 2 rings (SSSR count). The van der Waals surface area contributed by atoms with Gasteiger partial charge in [0.1, 0.15) is 5.78 Å². The van der Waals surface area contributed by atoms with Crippen LogP contribution in [0, 0.1) is 5.92 Å². The van der Waals surface area contributed by atoms with Crippen molar-refractivity contribution in [3.63, 3.8) is 0 Å². The molecular formula is C13H22FNO. The molecule has 2 nitrogen and oxygen atoms in total. The molecule has 3 heteroatoms. The number of halogens is 1. The summed E-state index contributed by atoms with van der Waals surface area (Å²) in [4.78, 5) is 14.4. The van der Waals surface area contributed by atoms with Gasteiger partial charge in [0.15, 0.2) is 0 Å². The number of carbonyl (C=O) groups is 1. The molecule has 0 N–H and O–H groups in total. The molecule has 2 unspecified atom stereocenters. The SMILES string of the molecule is CN1C2CCC1CC(C(=O)CCCCF)C2. The van der Waals surface area contributed by atoms with Gasteiger partial charge in [-0.3, -0.25) is 9.18 Å². The molecule has 2 heterocycles. The number of ketones is 1. The minimum absolute atomic E-state index is 0.272. The van der Waals surface area contributed by atoms with Crippen LogP contribution in [-0.4, -0.2) is 36.5 Å². The zero-order valence-electron chi connectivity index (χ0n) is 10.1. The first-order valence-electron chi connectivity index (χ1n) is 6.53. The first-order chi connectivity index (χ1) is 7.72. The van der Waals surface area contributed by atoms with Crippen LogP contribution < -0.4 is 0 Å². The van der Waals surface area contributed by atoms with Gasteiger partial charge in [0.25, 0.3) is 0 Å². The maximum Gasteiger partial charge on any atom is 0.136 e. The van der Waals surface area contributed by atoms with Gasteiger partial charge in [-0.05, 0) is 45.6 Å². The first kappa shape index (κ1) is 12.0. The zero-order valence-corrected chi connectivity index (χ0v) is 10.1. The van der Waals surface area contributed by atoms with Gasteiger partial charge in [-0.15, -0.1) is 0 Å². The lowest BCUT2D eigenvalue weighted by Crippen LogP contribution is -2.42. The molecule has 92 valence electrons. The van der Waals surface area contributed by atoms with E-state index in [1.54, 1.807) is 0 Å². The van der Waals surface area contributed by atoms with E-state index < -0.39 is 0 Å². The van der Waals surface area contributed by atoms with Crippen LogP contribution in [-0.2, 0) is 4.79 Å². The van der Waals surface area contributed by atoms with Crippen molar-refractivity contribution >= 4 is 5.78 Å². The first-order valence-corrected chi connectivity index (χ1v) is 6.53. The molecule has 2 aliphatic heterocycles. The van der Waals surface area contributed by atoms with E-state index in [1.807, 2.05) is 0 Å². The fourth-order valence-corrected chi connectivity index (χ4v) is 3.27. The Balaban J connectivity index is 1.81. The van der Waals surface area contributed by atoms with Crippen molar-refractivity contribution in [3.8, 4) is 0 Å². The van der Waals surface area contributed by atoms with Gasteiger partial charge in [0.05, 0.1) is 6.67 Å². The maximum atomic E-state index is 12.0. The van der Waals surface area contributed by atoms with Gasteiger partial charge in [0.2, 0.25) is 0 Å². The summed E-state index contributed by atoms with van der Waals surface area (Å²) < 4.78 is 12.0. The van der Waals surface area contributed by atoms with Crippen molar-refractivity contribution < 1.29 is 9.18 Å². The van der Waals surface area contributed by atoms with Crippen molar-refractivity contribution in [2.24, 2.45) is 5.92 Å². The van der Waals surface area contributed by atoms with E-state index >= 15 is 0 Å². The van der Waals surface area contributed by atoms with Crippen LogP contribution in [0.25, 0.3) is 0 Å². The number of rotatable bonds is 5. The van der Waals surface area contributed by atoms with Crippen LogP contribution in [0.3, 0.4) is 0 Å². The third-order valence-electron chi connectivity index (χ3n) is 4.36. The summed E-state index contributed by atoms with van der Waals surface area (Å²) in [6.07, 6.45) is 6.48. The average Bonchev–Trinajstić information content (AvgIpc) is 2.53. The highest BCUT2D eigenvalue weighted by molar-refractivity contribution is 5.81. The third kappa shape index (κ3) is 2.45. The van der Waals surface area contributed by atoms with E-state index in [2.05, 4.69) is 11.9 Å². The molecule has 0 aromatic carbocycles. The van der Waals surface area contributed by atoms with Gasteiger partial charge in [-0.25, -0.2) is 0 Å². The summed E-state index contributed by atoms with van der Waals surface area (Å²) in [5.41, 5.74) is 0. The van der Waals surface area contributed by atoms with Crippen LogP contribution in [0.5, 0.6) is 0 Å². The number of Topliss-reactive ketones (excluding diaryl/α,β-unsaturated/α-hetero) is 1.